The summed E-state index contributed by atoms with van der Waals surface area (Å²) in [5.41, 5.74) is 5.80. The molecular weight excluding hydrogens is 428 g/mol. The monoisotopic (exact) mass is 462 g/mol. The van der Waals surface area contributed by atoms with Crippen LogP contribution in [0.4, 0.5) is 0 Å². The van der Waals surface area contributed by atoms with Crippen LogP contribution in [0.15, 0.2) is 0 Å². The lowest BCUT2D eigenvalue weighted by Gasteiger charge is -2.28. The first-order valence-electron chi connectivity index (χ1n) is 10.1. The molecule has 0 aliphatic heterocycles. The maximum absolute atomic E-state index is 12.8. The van der Waals surface area contributed by atoms with Gasteiger partial charge in [-0.25, -0.2) is 4.79 Å². The number of thiol groups is 1. The number of carboxylic acids is 2. The normalized spacial score (nSPS) is 15.8. The highest BCUT2D eigenvalue weighted by Crippen LogP contribution is 2.10. The molecule has 12 heteroatoms. The molecule has 0 radical (unpaired) electrons. The molecule has 0 spiro atoms. The SMILES string of the molecule is CCC(C)C(NC(=O)C(CCC(=O)O)NC(=O)C(N)C(C)C)C(=O)NC(CS)C(=O)O. The standard InChI is InChI=1S/C19H34N4O7S/c1-5-10(4)15(18(28)22-12(8-31)19(29)30)23-16(26)11(6-7-13(24)25)21-17(27)14(20)9(2)3/h9-12,14-15,31H,5-8,20H2,1-4H3,(H,21,27)(H,22,28)(H,23,26)(H,24,25)(H,29,30). The van der Waals surface area contributed by atoms with Gasteiger partial charge < -0.3 is 31.9 Å². The van der Waals surface area contributed by atoms with E-state index in [1.165, 1.54) is 0 Å². The van der Waals surface area contributed by atoms with Gasteiger partial charge in [-0.05, 0) is 18.3 Å². The maximum atomic E-state index is 12.8. The first-order valence-corrected chi connectivity index (χ1v) is 10.7. The molecule has 0 aromatic heterocycles. The molecule has 31 heavy (non-hydrogen) atoms. The molecule has 5 atom stereocenters. The third kappa shape index (κ3) is 10.0. The van der Waals surface area contributed by atoms with E-state index in [4.69, 9.17) is 15.9 Å². The molecule has 0 heterocycles. The van der Waals surface area contributed by atoms with Crippen molar-refractivity contribution in [1.82, 2.24) is 16.0 Å². The van der Waals surface area contributed by atoms with Gasteiger partial charge in [0, 0.05) is 12.2 Å². The van der Waals surface area contributed by atoms with Crippen LogP contribution in [0.1, 0.15) is 47.0 Å². The van der Waals surface area contributed by atoms with Gasteiger partial charge >= 0.3 is 11.9 Å². The van der Waals surface area contributed by atoms with Gasteiger partial charge in [0.25, 0.3) is 0 Å². The van der Waals surface area contributed by atoms with E-state index >= 15 is 0 Å². The number of carbonyl (C=O) groups is 5. The third-order valence-electron chi connectivity index (χ3n) is 4.89. The predicted molar refractivity (Wildman–Crippen MR) is 116 cm³/mol. The van der Waals surface area contributed by atoms with E-state index < -0.39 is 60.2 Å². The minimum atomic E-state index is -1.27. The molecule has 0 saturated carbocycles. The fourth-order valence-electron chi connectivity index (χ4n) is 2.51. The van der Waals surface area contributed by atoms with Crippen LogP contribution >= 0.6 is 12.6 Å². The van der Waals surface area contributed by atoms with E-state index in [0.29, 0.717) is 6.42 Å². The lowest BCUT2D eigenvalue weighted by molar-refractivity contribution is -0.142. The Kier molecular flexibility index (Phi) is 12.8. The van der Waals surface area contributed by atoms with Crippen LogP contribution in [-0.2, 0) is 24.0 Å². The Bertz CT molecular complexity index is 659. The molecule has 0 aliphatic carbocycles. The van der Waals surface area contributed by atoms with Crippen LogP contribution in [0.2, 0.25) is 0 Å². The minimum Gasteiger partial charge on any atom is -0.481 e. The van der Waals surface area contributed by atoms with Crippen LogP contribution in [0, 0.1) is 11.8 Å². The molecule has 0 fully saturated rings. The summed E-state index contributed by atoms with van der Waals surface area (Å²) in [7, 11) is 0. The van der Waals surface area contributed by atoms with Crippen LogP contribution in [0.25, 0.3) is 0 Å². The predicted octanol–water partition coefficient (Wildman–Crippen LogP) is -0.651. The number of rotatable bonds is 14. The lowest BCUT2D eigenvalue weighted by atomic mass is 9.97. The number of nitrogens with two attached hydrogens (primary N) is 1. The molecule has 3 amide bonds. The van der Waals surface area contributed by atoms with Crippen molar-refractivity contribution in [3.63, 3.8) is 0 Å². The summed E-state index contributed by atoms with van der Waals surface area (Å²) >= 11 is 3.90. The first-order chi connectivity index (χ1) is 14.3. The summed E-state index contributed by atoms with van der Waals surface area (Å²) in [5, 5.41) is 25.4. The van der Waals surface area contributed by atoms with E-state index in [9.17, 15) is 24.0 Å². The first kappa shape index (κ1) is 28.7. The Morgan fingerprint density at radius 2 is 1.45 bits per heavy atom. The Morgan fingerprint density at radius 1 is 0.903 bits per heavy atom. The summed E-state index contributed by atoms with van der Waals surface area (Å²) in [5.74, 6) is -5.25. The average Bonchev–Trinajstić information content (AvgIpc) is 2.70. The van der Waals surface area contributed by atoms with E-state index in [1.807, 2.05) is 0 Å². The zero-order chi connectivity index (χ0) is 24.3. The molecule has 0 rings (SSSR count). The number of carboxylic acid groups (broad SMARTS) is 2. The summed E-state index contributed by atoms with van der Waals surface area (Å²) in [4.78, 5) is 59.9. The van der Waals surface area contributed by atoms with Gasteiger partial charge in [0.15, 0.2) is 0 Å². The number of aliphatic carboxylic acids is 2. The van der Waals surface area contributed by atoms with Gasteiger partial charge in [-0.1, -0.05) is 34.1 Å². The summed E-state index contributed by atoms with van der Waals surface area (Å²) in [6, 6.07) is -4.47. The number of carbonyl (C=O) groups excluding carboxylic acids is 3. The van der Waals surface area contributed by atoms with Crippen molar-refractivity contribution < 1.29 is 34.2 Å². The Balaban J connectivity index is 5.54. The highest BCUT2D eigenvalue weighted by molar-refractivity contribution is 7.80. The zero-order valence-corrected chi connectivity index (χ0v) is 19.1. The van der Waals surface area contributed by atoms with Crippen molar-refractivity contribution in [2.24, 2.45) is 17.6 Å². The third-order valence-corrected chi connectivity index (χ3v) is 5.26. The smallest absolute Gasteiger partial charge is 0.327 e. The number of hydrogen-bond acceptors (Lipinski definition) is 7. The molecule has 11 nitrogen and oxygen atoms in total. The summed E-state index contributed by atoms with van der Waals surface area (Å²) in [6.45, 7) is 6.93. The van der Waals surface area contributed by atoms with Crippen molar-refractivity contribution in [1.29, 1.82) is 0 Å². The summed E-state index contributed by atoms with van der Waals surface area (Å²) < 4.78 is 0. The second-order valence-electron chi connectivity index (χ2n) is 7.72. The van der Waals surface area contributed by atoms with Crippen LogP contribution in [0.5, 0.6) is 0 Å². The second-order valence-corrected chi connectivity index (χ2v) is 8.08. The van der Waals surface area contributed by atoms with E-state index in [0.717, 1.165) is 0 Å². The molecule has 0 bridgehead atoms. The zero-order valence-electron chi connectivity index (χ0n) is 18.3. The largest absolute Gasteiger partial charge is 0.481 e. The lowest BCUT2D eigenvalue weighted by Crippen LogP contribution is -2.59. The van der Waals surface area contributed by atoms with Crippen molar-refractivity contribution in [3.8, 4) is 0 Å². The average molecular weight is 463 g/mol. The maximum Gasteiger partial charge on any atom is 0.327 e. The van der Waals surface area contributed by atoms with Crippen LogP contribution < -0.4 is 21.7 Å². The van der Waals surface area contributed by atoms with Gasteiger partial charge in [-0.2, -0.15) is 12.6 Å². The van der Waals surface area contributed by atoms with Crippen molar-refractivity contribution in [2.45, 2.75) is 71.1 Å². The second kappa shape index (κ2) is 13.9. The topological polar surface area (TPSA) is 188 Å². The van der Waals surface area contributed by atoms with Crippen LogP contribution in [-0.4, -0.2) is 69.8 Å². The Hall–Kier alpha value is -2.34. The van der Waals surface area contributed by atoms with E-state index in [2.05, 4.69) is 28.6 Å². The van der Waals surface area contributed by atoms with Crippen LogP contribution in [0.3, 0.4) is 0 Å². The quantitative estimate of drug-likeness (QED) is 0.166. The number of nitrogens with one attached hydrogen (secondary N) is 3. The molecule has 0 saturated heterocycles. The molecule has 0 aromatic rings. The van der Waals surface area contributed by atoms with Gasteiger partial charge in [0.2, 0.25) is 17.7 Å². The van der Waals surface area contributed by atoms with Gasteiger partial charge in [0.1, 0.15) is 18.1 Å². The number of amides is 3. The molecule has 5 unspecified atom stereocenters. The minimum absolute atomic E-state index is 0.146. The molecule has 178 valence electrons. The summed E-state index contributed by atoms with van der Waals surface area (Å²) in [6.07, 6.45) is -0.113. The molecule has 0 aliphatic rings. The van der Waals surface area contributed by atoms with E-state index in [-0.39, 0.29) is 24.0 Å². The number of hydrogen-bond donors (Lipinski definition) is 7. The Morgan fingerprint density at radius 3 is 1.87 bits per heavy atom. The Labute approximate surface area is 187 Å². The van der Waals surface area contributed by atoms with Crippen molar-refractivity contribution in [2.75, 3.05) is 5.75 Å². The fourth-order valence-corrected chi connectivity index (χ4v) is 2.76. The highest BCUT2D eigenvalue weighted by Gasteiger charge is 2.32. The van der Waals surface area contributed by atoms with Crippen molar-refractivity contribution >= 4 is 42.3 Å². The van der Waals surface area contributed by atoms with E-state index in [1.54, 1.807) is 27.7 Å². The fraction of sp³-hybridized carbons (Fsp3) is 0.737. The highest BCUT2D eigenvalue weighted by atomic mass is 32.1. The van der Waals surface area contributed by atoms with Crippen molar-refractivity contribution in [3.05, 3.63) is 0 Å². The molecule has 7 N–H and O–H groups in total. The molecule has 0 aromatic carbocycles. The van der Waals surface area contributed by atoms with Gasteiger partial charge in [-0.3, -0.25) is 19.2 Å². The van der Waals surface area contributed by atoms with Gasteiger partial charge in [-0.15, -0.1) is 0 Å². The van der Waals surface area contributed by atoms with Gasteiger partial charge in [0.05, 0.1) is 6.04 Å². The molecular formula is C19H34N4O7S.